The van der Waals surface area contributed by atoms with Crippen LogP contribution in [0.3, 0.4) is 0 Å². The first-order valence-electron chi connectivity index (χ1n) is 9.76. The Hall–Kier alpha value is -3.21. The molecular weight excluding hydrogens is 348 g/mol. The van der Waals surface area contributed by atoms with E-state index in [1.807, 2.05) is 42.3 Å². The van der Waals surface area contributed by atoms with E-state index >= 15 is 0 Å². The quantitative estimate of drug-likeness (QED) is 0.530. The fourth-order valence-electron chi connectivity index (χ4n) is 3.60. The second-order valence-corrected chi connectivity index (χ2v) is 6.97. The minimum atomic E-state index is 0.178. The zero-order valence-corrected chi connectivity index (χ0v) is 16.1. The number of aromatic nitrogens is 3. The number of rotatable bonds is 7. The summed E-state index contributed by atoms with van der Waals surface area (Å²) in [5.74, 6) is 0.178. The smallest absolute Gasteiger partial charge is 0.222 e. The van der Waals surface area contributed by atoms with Gasteiger partial charge in [0.2, 0.25) is 5.91 Å². The molecular formula is C23H24N4O. The molecule has 0 saturated carbocycles. The van der Waals surface area contributed by atoms with Crippen LogP contribution in [0, 0.1) is 0 Å². The Bertz CT molecular complexity index is 1090. The normalized spacial score (nSPS) is 11.2. The van der Waals surface area contributed by atoms with E-state index in [0.29, 0.717) is 12.8 Å². The molecule has 0 aliphatic heterocycles. The molecule has 1 aromatic carbocycles. The molecule has 0 unspecified atom stereocenters. The van der Waals surface area contributed by atoms with Gasteiger partial charge in [-0.1, -0.05) is 18.2 Å². The molecule has 3 heterocycles. The molecule has 5 nitrogen and oxygen atoms in total. The van der Waals surface area contributed by atoms with Gasteiger partial charge in [0.05, 0.1) is 11.7 Å². The summed E-state index contributed by atoms with van der Waals surface area (Å²) in [7, 11) is 0. The number of hydrogen-bond donors (Lipinski definition) is 1. The topological polar surface area (TPSA) is 61.9 Å². The molecule has 4 aromatic rings. The molecule has 0 atom stereocenters. The highest BCUT2D eigenvalue weighted by Gasteiger charge is 2.13. The molecule has 0 aliphatic rings. The summed E-state index contributed by atoms with van der Waals surface area (Å²) in [6, 6.07) is 14.4. The lowest BCUT2D eigenvalue weighted by atomic mass is 10.1. The molecule has 3 aromatic heterocycles. The first kappa shape index (κ1) is 18.2. The van der Waals surface area contributed by atoms with Crippen LogP contribution in [0.25, 0.3) is 21.8 Å². The van der Waals surface area contributed by atoms with Crippen molar-refractivity contribution in [3.05, 3.63) is 72.3 Å². The van der Waals surface area contributed by atoms with Crippen LogP contribution in [0.15, 0.2) is 61.1 Å². The number of aryl methyl sites for hydroxylation is 1. The molecule has 28 heavy (non-hydrogen) atoms. The van der Waals surface area contributed by atoms with Gasteiger partial charge in [-0.15, -0.1) is 0 Å². The minimum Gasteiger partial charge on any atom is -0.353 e. The third-order valence-corrected chi connectivity index (χ3v) is 5.20. The molecule has 0 radical (unpaired) electrons. The number of hydrogen-bond acceptors (Lipinski definition) is 3. The summed E-state index contributed by atoms with van der Waals surface area (Å²) < 4.78 is 0. The van der Waals surface area contributed by atoms with Gasteiger partial charge in [-0.2, -0.15) is 0 Å². The monoisotopic (exact) mass is 372 g/mol. The lowest BCUT2D eigenvalue weighted by Crippen LogP contribution is -2.32. The van der Waals surface area contributed by atoms with Gasteiger partial charge in [0.25, 0.3) is 0 Å². The van der Waals surface area contributed by atoms with Gasteiger partial charge in [-0.05, 0) is 49.6 Å². The molecule has 1 N–H and O–H groups in total. The molecule has 0 saturated heterocycles. The van der Waals surface area contributed by atoms with Crippen LogP contribution in [-0.4, -0.2) is 38.8 Å². The molecule has 5 heteroatoms. The Balaban J connectivity index is 1.41. The van der Waals surface area contributed by atoms with Crippen LogP contribution in [0.2, 0.25) is 0 Å². The summed E-state index contributed by atoms with van der Waals surface area (Å²) in [6.07, 6.45) is 7.43. The van der Waals surface area contributed by atoms with Crippen molar-refractivity contribution in [1.29, 1.82) is 0 Å². The van der Waals surface area contributed by atoms with E-state index in [-0.39, 0.29) is 5.91 Å². The van der Waals surface area contributed by atoms with Crippen LogP contribution in [0.1, 0.15) is 24.6 Å². The highest BCUT2D eigenvalue weighted by Crippen LogP contribution is 2.25. The van der Waals surface area contributed by atoms with Crippen LogP contribution in [0.4, 0.5) is 0 Å². The molecule has 0 aliphatic carbocycles. The largest absolute Gasteiger partial charge is 0.353 e. The number of carbonyl (C=O) groups excluding carboxylic acids is 1. The van der Waals surface area contributed by atoms with E-state index in [0.717, 1.165) is 41.6 Å². The highest BCUT2D eigenvalue weighted by atomic mass is 16.2. The van der Waals surface area contributed by atoms with Gasteiger partial charge in [0, 0.05) is 53.9 Å². The van der Waals surface area contributed by atoms with Gasteiger partial charge >= 0.3 is 0 Å². The van der Waals surface area contributed by atoms with E-state index in [9.17, 15) is 4.79 Å². The maximum Gasteiger partial charge on any atom is 0.222 e. The number of nitrogens with one attached hydrogen (secondary N) is 1. The Labute approximate surface area is 164 Å². The van der Waals surface area contributed by atoms with Crippen LogP contribution < -0.4 is 0 Å². The third-order valence-electron chi connectivity index (χ3n) is 5.20. The summed E-state index contributed by atoms with van der Waals surface area (Å²) in [4.78, 5) is 26.6. The van der Waals surface area contributed by atoms with E-state index < -0.39 is 0 Å². The van der Waals surface area contributed by atoms with E-state index in [4.69, 9.17) is 0 Å². The first-order valence-corrected chi connectivity index (χ1v) is 9.76. The molecule has 4 rings (SSSR count). The van der Waals surface area contributed by atoms with Gasteiger partial charge in [0.15, 0.2) is 0 Å². The molecule has 0 spiro atoms. The molecule has 1 amide bonds. The summed E-state index contributed by atoms with van der Waals surface area (Å²) in [5, 5.41) is 2.36. The zero-order chi connectivity index (χ0) is 19.3. The fraction of sp³-hybridized carbons (Fsp3) is 0.261. The van der Waals surface area contributed by atoms with Crippen molar-refractivity contribution in [3.63, 3.8) is 0 Å². The number of benzene rings is 1. The van der Waals surface area contributed by atoms with Crippen molar-refractivity contribution in [2.75, 3.05) is 13.1 Å². The maximum atomic E-state index is 12.7. The minimum absolute atomic E-state index is 0.178. The Morgan fingerprint density at radius 1 is 1.04 bits per heavy atom. The number of aromatic amines is 1. The Morgan fingerprint density at radius 3 is 2.68 bits per heavy atom. The number of carbonyl (C=O) groups is 1. The van der Waals surface area contributed by atoms with Crippen LogP contribution in [0.5, 0.6) is 0 Å². The molecule has 142 valence electrons. The number of likely N-dealkylation sites (N-methyl/N-ethyl adjacent to an activating group) is 1. The maximum absolute atomic E-state index is 12.7. The average molecular weight is 372 g/mol. The van der Waals surface area contributed by atoms with Crippen molar-refractivity contribution in [1.82, 2.24) is 19.9 Å². The van der Waals surface area contributed by atoms with E-state index in [1.54, 1.807) is 12.4 Å². The Kier molecular flexibility index (Phi) is 5.33. The van der Waals surface area contributed by atoms with Crippen molar-refractivity contribution < 1.29 is 4.79 Å². The summed E-state index contributed by atoms with van der Waals surface area (Å²) in [5.41, 5.74) is 4.30. The number of amides is 1. The summed E-state index contributed by atoms with van der Waals surface area (Å²) >= 11 is 0. The Morgan fingerprint density at radius 2 is 1.86 bits per heavy atom. The number of para-hydroxylation sites is 1. The van der Waals surface area contributed by atoms with Crippen LogP contribution in [-0.2, 0) is 17.6 Å². The van der Waals surface area contributed by atoms with Gasteiger partial charge in [-0.25, -0.2) is 0 Å². The van der Waals surface area contributed by atoms with Crippen molar-refractivity contribution in [2.45, 2.75) is 26.2 Å². The van der Waals surface area contributed by atoms with Gasteiger partial charge in [-0.3, -0.25) is 14.8 Å². The predicted molar refractivity (Wildman–Crippen MR) is 112 cm³/mol. The van der Waals surface area contributed by atoms with Gasteiger partial charge in [0.1, 0.15) is 0 Å². The fourth-order valence-corrected chi connectivity index (χ4v) is 3.60. The summed E-state index contributed by atoms with van der Waals surface area (Å²) in [6.45, 7) is 3.48. The predicted octanol–water partition coefficient (Wildman–Crippen LogP) is 4.13. The molecule has 0 bridgehead atoms. The van der Waals surface area contributed by atoms with Crippen molar-refractivity contribution in [3.8, 4) is 0 Å². The average Bonchev–Trinajstić information content (AvgIpc) is 3.11. The SMILES string of the molecule is CCN(CCc1ccncc1)C(=O)CCc1cc2c(cn1)[nH]c1ccccc12. The number of pyridine rings is 2. The second-order valence-electron chi connectivity index (χ2n) is 6.97. The number of fused-ring (bicyclic) bond motifs is 3. The standard InChI is InChI=1S/C23H24N4O/c1-2-27(14-11-17-9-12-24-13-10-17)23(28)8-7-18-15-20-19-5-3-4-6-21(19)26-22(20)16-25-18/h3-6,9-10,12-13,15-16,26H,2,7-8,11,14H2,1H3. The zero-order valence-electron chi connectivity index (χ0n) is 16.1. The highest BCUT2D eigenvalue weighted by molar-refractivity contribution is 6.06. The first-order chi connectivity index (χ1) is 13.7. The van der Waals surface area contributed by atoms with Crippen molar-refractivity contribution >= 4 is 27.7 Å². The second kappa shape index (κ2) is 8.21. The van der Waals surface area contributed by atoms with E-state index in [2.05, 4.69) is 33.2 Å². The van der Waals surface area contributed by atoms with Crippen molar-refractivity contribution in [2.24, 2.45) is 0 Å². The third kappa shape index (κ3) is 3.88. The van der Waals surface area contributed by atoms with Gasteiger partial charge < -0.3 is 9.88 Å². The number of nitrogens with zero attached hydrogens (tertiary/aromatic N) is 3. The molecule has 0 fully saturated rings. The lowest BCUT2D eigenvalue weighted by Gasteiger charge is -2.21. The van der Waals surface area contributed by atoms with Crippen LogP contribution >= 0.6 is 0 Å². The number of H-pyrrole nitrogens is 1. The van der Waals surface area contributed by atoms with E-state index in [1.165, 1.54) is 10.9 Å². The lowest BCUT2D eigenvalue weighted by molar-refractivity contribution is -0.130.